The lowest BCUT2D eigenvalue weighted by Crippen LogP contribution is -2.21. The molecule has 8 heteroatoms. The van der Waals surface area contributed by atoms with Crippen molar-refractivity contribution < 1.29 is 19.4 Å². The van der Waals surface area contributed by atoms with Crippen molar-refractivity contribution in [2.75, 3.05) is 19.6 Å². The number of hydrogen-bond donors (Lipinski definition) is 1. The molecule has 0 aromatic heterocycles. The van der Waals surface area contributed by atoms with E-state index in [4.69, 9.17) is 9.84 Å². The summed E-state index contributed by atoms with van der Waals surface area (Å²) in [7, 11) is 0. The first-order valence-corrected chi connectivity index (χ1v) is 11.3. The largest absolute Gasteiger partial charge is 0.508 e. The quantitative estimate of drug-likeness (QED) is 0.255. The van der Waals surface area contributed by atoms with Gasteiger partial charge in [0.1, 0.15) is 11.5 Å². The fourth-order valence-corrected chi connectivity index (χ4v) is 2.61. The number of ether oxygens (including phenoxy) is 1. The second kappa shape index (κ2) is 19.5. The molecule has 0 saturated heterocycles. The number of carbonyl (C=O) groups is 2. The standard InChI is InChI=1S/C8H7BrO2.C6H5BrO.C6H15N.C2H3ClO/c1-6(10)11-8-4-2-3-7(9)5-8;7-5-2-1-3-6(8)4-5;1-4-7(5-2)6-3;1-2(3)4/h2-5H,1H3;1-4,8H;4-6H2,1-3H3;1H3. The fourth-order valence-electron chi connectivity index (χ4n) is 1.84. The fraction of sp³-hybridized carbons (Fsp3) is 0.364. The molecule has 30 heavy (non-hydrogen) atoms. The normalized spacial score (nSPS) is 9.10. The predicted molar refractivity (Wildman–Crippen MR) is 131 cm³/mol. The zero-order valence-corrected chi connectivity index (χ0v) is 21.9. The second-order valence-electron chi connectivity index (χ2n) is 5.62. The van der Waals surface area contributed by atoms with E-state index in [9.17, 15) is 9.59 Å². The van der Waals surface area contributed by atoms with Gasteiger partial charge in [-0.1, -0.05) is 64.8 Å². The molecule has 0 unspecified atom stereocenters. The van der Waals surface area contributed by atoms with Crippen molar-refractivity contribution in [1.29, 1.82) is 0 Å². The number of nitrogens with zero attached hydrogens (tertiary/aromatic N) is 1. The lowest BCUT2D eigenvalue weighted by atomic mass is 10.3. The van der Waals surface area contributed by atoms with Crippen LogP contribution in [-0.4, -0.2) is 40.9 Å². The molecule has 0 fully saturated rings. The minimum atomic E-state index is -0.361. The zero-order valence-electron chi connectivity index (χ0n) is 18.0. The molecular weight excluding hydrogens is 538 g/mol. The first kappa shape index (κ1) is 30.8. The number of hydrogen-bond acceptors (Lipinski definition) is 5. The van der Waals surface area contributed by atoms with Crippen molar-refractivity contribution in [2.24, 2.45) is 0 Å². The monoisotopic (exact) mass is 565 g/mol. The number of rotatable bonds is 4. The Hall–Kier alpha value is -1.41. The van der Waals surface area contributed by atoms with Gasteiger partial charge in [-0.05, 0) is 67.6 Å². The van der Waals surface area contributed by atoms with Crippen molar-refractivity contribution in [3.8, 4) is 11.5 Å². The van der Waals surface area contributed by atoms with E-state index in [1.54, 1.807) is 30.3 Å². The highest BCUT2D eigenvalue weighted by Crippen LogP contribution is 2.17. The molecule has 2 aromatic rings. The molecule has 0 aliphatic heterocycles. The summed E-state index contributed by atoms with van der Waals surface area (Å²) in [5.74, 6) is 0.550. The number of benzene rings is 2. The SMILES string of the molecule is CC(=O)Cl.CC(=O)Oc1cccc(Br)c1.CCN(CC)CC.Oc1cccc(Br)c1. The average Bonchev–Trinajstić information content (AvgIpc) is 2.63. The zero-order chi connectivity index (χ0) is 23.5. The van der Waals surface area contributed by atoms with E-state index >= 15 is 0 Å². The van der Waals surface area contributed by atoms with Crippen LogP contribution in [0.4, 0.5) is 0 Å². The molecule has 168 valence electrons. The van der Waals surface area contributed by atoms with E-state index in [1.807, 2.05) is 18.2 Å². The molecule has 0 heterocycles. The first-order chi connectivity index (χ1) is 14.0. The van der Waals surface area contributed by atoms with Crippen LogP contribution in [0.3, 0.4) is 0 Å². The summed E-state index contributed by atoms with van der Waals surface area (Å²) in [5.41, 5.74) is 0. The van der Waals surface area contributed by atoms with E-state index < -0.39 is 0 Å². The molecule has 0 aliphatic carbocycles. The second-order valence-corrected chi connectivity index (χ2v) is 7.98. The molecule has 1 N–H and O–H groups in total. The topological polar surface area (TPSA) is 66.8 Å². The van der Waals surface area contributed by atoms with Crippen LogP contribution in [0.1, 0.15) is 34.6 Å². The Morgan fingerprint density at radius 2 is 1.37 bits per heavy atom. The molecule has 0 aliphatic rings. The average molecular weight is 568 g/mol. The van der Waals surface area contributed by atoms with Crippen LogP contribution < -0.4 is 4.74 Å². The minimum Gasteiger partial charge on any atom is -0.508 e. The summed E-state index contributed by atoms with van der Waals surface area (Å²) in [6, 6.07) is 14.0. The number of halogens is 3. The molecule has 0 spiro atoms. The number of aromatic hydroxyl groups is 1. The molecular formula is C22H30Br2ClNO4. The van der Waals surface area contributed by atoms with Gasteiger partial charge in [0, 0.05) is 22.8 Å². The summed E-state index contributed by atoms with van der Waals surface area (Å²) >= 11 is 11.1. The minimum absolute atomic E-state index is 0.291. The van der Waals surface area contributed by atoms with Gasteiger partial charge in [-0.15, -0.1) is 0 Å². The van der Waals surface area contributed by atoms with Gasteiger partial charge in [0.2, 0.25) is 5.24 Å². The summed E-state index contributed by atoms with van der Waals surface area (Å²) in [6.07, 6.45) is 0. The maximum Gasteiger partial charge on any atom is 0.308 e. The Balaban J connectivity index is 0. The summed E-state index contributed by atoms with van der Waals surface area (Å²) < 4.78 is 6.63. The van der Waals surface area contributed by atoms with Crippen LogP contribution in [-0.2, 0) is 9.59 Å². The Labute approximate surface area is 201 Å². The van der Waals surface area contributed by atoms with Crippen molar-refractivity contribution in [3.05, 3.63) is 57.5 Å². The molecule has 0 bridgehead atoms. The van der Waals surface area contributed by atoms with Crippen LogP contribution in [0, 0.1) is 0 Å². The van der Waals surface area contributed by atoms with Crippen LogP contribution >= 0.6 is 43.5 Å². The van der Waals surface area contributed by atoms with E-state index in [0.717, 1.165) is 8.95 Å². The highest BCUT2D eigenvalue weighted by molar-refractivity contribution is 9.10. The molecule has 0 atom stereocenters. The van der Waals surface area contributed by atoms with E-state index in [1.165, 1.54) is 33.5 Å². The summed E-state index contributed by atoms with van der Waals surface area (Å²) in [4.78, 5) is 22.1. The maximum absolute atomic E-state index is 10.5. The van der Waals surface area contributed by atoms with Crippen LogP contribution in [0.2, 0.25) is 0 Å². The molecule has 2 aromatic carbocycles. The van der Waals surface area contributed by atoms with Gasteiger partial charge < -0.3 is 14.7 Å². The van der Waals surface area contributed by atoms with Gasteiger partial charge in [0.25, 0.3) is 0 Å². The van der Waals surface area contributed by atoms with Crippen molar-refractivity contribution >= 4 is 54.7 Å². The van der Waals surface area contributed by atoms with Crippen LogP contribution in [0.5, 0.6) is 11.5 Å². The lowest BCUT2D eigenvalue weighted by molar-refractivity contribution is -0.131. The van der Waals surface area contributed by atoms with Gasteiger partial charge in [-0.25, -0.2) is 0 Å². The van der Waals surface area contributed by atoms with Gasteiger partial charge in [0.15, 0.2) is 0 Å². The summed E-state index contributed by atoms with van der Waals surface area (Å²) in [5, 5.41) is 8.42. The van der Waals surface area contributed by atoms with Crippen LogP contribution in [0.15, 0.2) is 57.5 Å². The predicted octanol–water partition coefficient (Wildman–Crippen LogP) is 6.65. The third-order valence-corrected chi connectivity index (χ3v) is 4.19. The van der Waals surface area contributed by atoms with Gasteiger partial charge in [0.05, 0.1) is 0 Å². The number of carbonyl (C=O) groups excluding carboxylic acids is 2. The highest BCUT2D eigenvalue weighted by Gasteiger charge is 1.96. The molecule has 0 saturated carbocycles. The van der Waals surface area contributed by atoms with Gasteiger partial charge in [-0.2, -0.15) is 0 Å². The van der Waals surface area contributed by atoms with Crippen LogP contribution in [0.25, 0.3) is 0 Å². The Bertz CT molecular complexity index is 714. The third kappa shape index (κ3) is 21.3. The van der Waals surface area contributed by atoms with E-state index in [0.29, 0.717) is 11.5 Å². The molecule has 0 radical (unpaired) electrons. The van der Waals surface area contributed by atoms with Gasteiger partial charge in [-0.3, -0.25) is 9.59 Å². The Morgan fingerprint density at radius 3 is 1.63 bits per heavy atom. The van der Waals surface area contributed by atoms with E-state index in [-0.39, 0.29) is 11.2 Å². The number of esters is 1. The Morgan fingerprint density at radius 1 is 0.933 bits per heavy atom. The number of phenols is 1. The smallest absolute Gasteiger partial charge is 0.308 e. The lowest BCUT2D eigenvalue weighted by Gasteiger charge is -2.13. The molecule has 5 nitrogen and oxygen atoms in total. The molecule has 2 rings (SSSR count). The first-order valence-electron chi connectivity index (χ1n) is 9.32. The Kier molecular flexibility index (Phi) is 20.1. The third-order valence-electron chi connectivity index (χ3n) is 3.21. The maximum atomic E-state index is 10.5. The van der Waals surface area contributed by atoms with Gasteiger partial charge >= 0.3 is 5.97 Å². The van der Waals surface area contributed by atoms with Crippen molar-refractivity contribution in [2.45, 2.75) is 34.6 Å². The highest BCUT2D eigenvalue weighted by atomic mass is 79.9. The van der Waals surface area contributed by atoms with E-state index in [2.05, 4.69) is 69.1 Å². The molecule has 0 amide bonds. The summed E-state index contributed by atoms with van der Waals surface area (Å²) in [6.45, 7) is 12.8. The number of phenolic OH excluding ortho intramolecular Hbond substituents is 1. The van der Waals surface area contributed by atoms with Crippen molar-refractivity contribution in [3.63, 3.8) is 0 Å². The van der Waals surface area contributed by atoms with Crippen molar-refractivity contribution in [1.82, 2.24) is 4.90 Å².